The van der Waals surface area contributed by atoms with Gasteiger partial charge in [0.1, 0.15) is 11.6 Å². The first-order chi connectivity index (χ1) is 7.56. The molecule has 0 amide bonds. The SMILES string of the molecule is CC(CCCN)C(=O)c1ccc(F)cc1F. The van der Waals surface area contributed by atoms with E-state index in [0.717, 1.165) is 18.6 Å². The summed E-state index contributed by atoms with van der Waals surface area (Å²) in [5, 5.41) is 0. The van der Waals surface area contributed by atoms with Crippen molar-refractivity contribution in [3.63, 3.8) is 0 Å². The van der Waals surface area contributed by atoms with Crippen LogP contribution in [0, 0.1) is 17.6 Å². The number of Topliss-reactive ketones (excluding diaryl/α,β-unsaturated/α-hetero) is 1. The molecule has 0 aliphatic carbocycles. The van der Waals surface area contributed by atoms with Crippen molar-refractivity contribution in [3.05, 3.63) is 35.4 Å². The molecule has 0 fully saturated rings. The summed E-state index contributed by atoms with van der Waals surface area (Å²) in [5.41, 5.74) is 5.28. The molecule has 0 aromatic heterocycles. The molecular formula is C12H15F2NO. The number of carbonyl (C=O) groups excluding carboxylic acids is 1. The Hall–Kier alpha value is -1.29. The maximum Gasteiger partial charge on any atom is 0.168 e. The van der Waals surface area contributed by atoms with Crippen molar-refractivity contribution in [2.24, 2.45) is 11.7 Å². The van der Waals surface area contributed by atoms with E-state index in [4.69, 9.17) is 5.73 Å². The van der Waals surface area contributed by atoms with Crippen molar-refractivity contribution < 1.29 is 13.6 Å². The summed E-state index contributed by atoms with van der Waals surface area (Å²) in [6, 6.07) is 3.00. The Balaban J connectivity index is 2.79. The van der Waals surface area contributed by atoms with Crippen LogP contribution in [0.3, 0.4) is 0 Å². The number of hydrogen-bond acceptors (Lipinski definition) is 2. The third-order valence-electron chi connectivity index (χ3n) is 2.49. The van der Waals surface area contributed by atoms with Crippen molar-refractivity contribution in [1.82, 2.24) is 0 Å². The highest BCUT2D eigenvalue weighted by atomic mass is 19.1. The van der Waals surface area contributed by atoms with Gasteiger partial charge >= 0.3 is 0 Å². The van der Waals surface area contributed by atoms with Crippen molar-refractivity contribution in [1.29, 1.82) is 0 Å². The normalized spacial score (nSPS) is 12.5. The average Bonchev–Trinajstić information content (AvgIpc) is 2.25. The number of nitrogens with two attached hydrogens (primary N) is 1. The van der Waals surface area contributed by atoms with Gasteiger partial charge in [-0.1, -0.05) is 6.92 Å². The molecule has 0 aliphatic heterocycles. The first-order valence-corrected chi connectivity index (χ1v) is 5.25. The van der Waals surface area contributed by atoms with Crippen LogP contribution < -0.4 is 5.73 Å². The average molecular weight is 227 g/mol. The molecule has 0 spiro atoms. The molecule has 16 heavy (non-hydrogen) atoms. The van der Waals surface area contributed by atoms with Gasteiger partial charge < -0.3 is 5.73 Å². The predicted molar refractivity (Wildman–Crippen MR) is 58.1 cm³/mol. The molecule has 1 atom stereocenters. The van der Waals surface area contributed by atoms with E-state index in [1.165, 1.54) is 6.07 Å². The minimum atomic E-state index is -0.801. The quantitative estimate of drug-likeness (QED) is 0.785. The van der Waals surface area contributed by atoms with Crippen LogP contribution in [0.25, 0.3) is 0 Å². The van der Waals surface area contributed by atoms with Crippen LogP contribution in [-0.4, -0.2) is 12.3 Å². The lowest BCUT2D eigenvalue weighted by Gasteiger charge is -2.10. The van der Waals surface area contributed by atoms with Gasteiger partial charge in [0, 0.05) is 12.0 Å². The van der Waals surface area contributed by atoms with Gasteiger partial charge in [0.25, 0.3) is 0 Å². The van der Waals surface area contributed by atoms with Crippen LogP contribution in [0.4, 0.5) is 8.78 Å². The third-order valence-corrected chi connectivity index (χ3v) is 2.49. The van der Waals surface area contributed by atoms with E-state index in [1.807, 2.05) is 0 Å². The van der Waals surface area contributed by atoms with E-state index in [9.17, 15) is 13.6 Å². The van der Waals surface area contributed by atoms with Crippen molar-refractivity contribution in [3.8, 4) is 0 Å². The van der Waals surface area contributed by atoms with Crippen LogP contribution >= 0.6 is 0 Å². The Bertz CT molecular complexity index is 379. The highest BCUT2D eigenvalue weighted by Gasteiger charge is 2.18. The highest BCUT2D eigenvalue weighted by molar-refractivity contribution is 5.97. The van der Waals surface area contributed by atoms with Gasteiger partial charge in [0.15, 0.2) is 5.78 Å². The summed E-state index contributed by atoms with van der Waals surface area (Å²) in [4.78, 5) is 11.8. The Morgan fingerprint density at radius 3 is 2.69 bits per heavy atom. The molecule has 0 radical (unpaired) electrons. The second-order valence-corrected chi connectivity index (χ2v) is 3.82. The third kappa shape index (κ3) is 3.10. The minimum absolute atomic E-state index is 0.0501. The molecule has 1 aromatic carbocycles. The van der Waals surface area contributed by atoms with Crippen molar-refractivity contribution in [2.45, 2.75) is 19.8 Å². The summed E-state index contributed by atoms with van der Waals surface area (Å²) >= 11 is 0. The van der Waals surface area contributed by atoms with Crippen molar-refractivity contribution >= 4 is 5.78 Å². The van der Waals surface area contributed by atoms with Gasteiger partial charge in [0.05, 0.1) is 5.56 Å². The Morgan fingerprint density at radius 1 is 1.44 bits per heavy atom. The highest BCUT2D eigenvalue weighted by Crippen LogP contribution is 2.17. The molecule has 0 heterocycles. The Kier molecular flexibility index (Phi) is 4.55. The summed E-state index contributed by atoms with van der Waals surface area (Å²) < 4.78 is 25.9. The zero-order valence-corrected chi connectivity index (χ0v) is 9.17. The fraction of sp³-hybridized carbons (Fsp3) is 0.417. The number of ketones is 1. The molecule has 4 heteroatoms. The number of hydrogen-bond donors (Lipinski definition) is 1. The van der Waals surface area contributed by atoms with Gasteiger partial charge in [-0.25, -0.2) is 8.78 Å². The largest absolute Gasteiger partial charge is 0.330 e. The number of halogens is 2. The van der Waals surface area contributed by atoms with E-state index in [1.54, 1.807) is 6.92 Å². The standard InChI is InChI=1S/C12H15F2NO/c1-8(3-2-6-15)12(16)10-5-4-9(13)7-11(10)14/h4-5,7-8H,2-3,6,15H2,1H3. The zero-order chi connectivity index (χ0) is 12.1. The van der Waals surface area contributed by atoms with Gasteiger partial charge in [-0.3, -0.25) is 4.79 Å². The second-order valence-electron chi connectivity index (χ2n) is 3.82. The molecular weight excluding hydrogens is 212 g/mol. The molecule has 2 N–H and O–H groups in total. The predicted octanol–water partition coefficient (Wildman–Crippen LogP) is 2.52. The molecule has 1 aromatic rings. The molecule has 0 saturated carbocycles. The fourth-order valence-electron chi connectivity index (χ4n) is 1.51. The lowest BCUT2D eigenvalue weighted by Crippen LogP contribution is -2.14. The van der Waals surface area contributed by atoms with Crippen LogP contribution in [0.5, 0.6) is 0 Å². The van der Waals surface area contributed by atoms with Crippen LogP contribution in [-0.2, 0) is 0 Å². The monoisotopic (exact) mass is 227 g/mol. The lowest BCUT2D eigenvalue weighted by atomic mass is 9.95. The van der Waals surface area contributed by atoms with Gasteiger partial charge in [-0.15, -0.1) is 0 Å². The van der Waals surface area contributed by atoms with E-state index in [2.05, 4.69) is 0 Å². The summed E-state index contributed by atoms with van der Waals surface area (Å²) in [6.45, 7) is 2.23. The van der Waals surface area contributed by atoms with Crippen LogP contribution in [0.15, 0.2) is 18.2 Å². The van der Waals surface area contributed by atoms with E-state index in [0.29, 0.717) is 13.0 Å². The molecule has 2 nitrogen and oxygen atoms in total. The molecule has 0 bridgehead atoms. The first-order valence-electron chi connectivity index (χ1n) is 5.25. The second kappa shape index (κ2) is 5.70. The lowest BCUT2D eigenvalue weighted by molar-refractivity contribution is 0.0919. The fourth-order valence-corrected chi connectivity index (χ4v) is 1.51. The molecule has 88 valence electrons. The van der Waals surface area contributed by atoms with E-state index < -0.39 is 11.6 Å². The number of benzene rings is 1. The van der Waals surface area contributed by atoms with E-state index in [-0.39, 0.29) is 17.3 Å². The van der Waals surface area contributed by atoms with E-state index >= 15 is 0 Å². The van der Waals surface area contributed by atoms with Gasteiger partial charge in [-0.05, 0) is 31.5 Å². The first kappa shape index (κ1) is 12.8. The summed E-state index contributed by atoms with van der Waals surface area (Å²) in [6.07, 6.45) is 1.34. The van der Waals surface area contributed by atoms with Crippen LogP contribution in [0.1, 0.15) is 30.1 Å². The maximum absolute atomic E-state index is 13.3. The molecule has 1 unspecified atom stereocenters. The molecule has 0 saturated heterocycles. The van der Waals surface area contributed by atoms with Gasteiger partial charge in [0.2, 0.25) is 0 Å². The maximum atomic E-state index is 13.3. The Labute approximate surface area is 93.5 Å². The van der Waals surface area contributed by atoms with Gasteiger partial charge in [-0.2, -0.15) is 0 Å². The smallest absolute Gasteiger partial charge is 0.168 e. The number of rotatable bonds is 5. The summed E-state index contributed by atoms with van der Waals surface area (Å²) in [7, 11) is 0. The zero-order valence-electron chi connectivity index (χ0n) is 9.17. The Morgan fingerprint density at radius 2 is 2.12 bits per heavy atom. The topological polar surface area (TPSA) is 43.1 Å². The minimum Gasteiger partial charge on any atom is -0.330 e. The molecule has 0 aliphatic rings. The van der Waals surface area contributed by atoms with Crippen LogP contribution in [0.2, 0.25) is 0 Å². The number of carbonyl (C=O) groups is 1. The van der Waals surface area contributed by atoms with Crippen molar-refractivity contribution in [2.75, 3.05) is 6.54 Å². The summed E-state index contributed by atoms with van der Waals surface area (Å²) in [5.74, 6) is -2.07. The molecule has 1 rings (SSSR count).